The molecule has 0 aliphatic heterocycles. The Bertz CT molecular complexity index is 1080. The molecule has 0 spiro atoms. The van der Waals surface area contributed by atoms with Crippen LogP contribution < -0.4 is 14.8 Å². The third kappa shape index (κ3) is 5.33. The largest absolute Gasteiger partial charge is 0.497 e. The molecule has 0 aliphatic carbocycles. The van der Waals surface area contributed by atoms with E-state index in [1.165, 1.54) is 25.3 Å². The third-order valence-electron chi connectivity index (χ3n) is 4.06. The van der Waals surface area contributed by atoms with Crippen LogP contribution in [0.25, 0.3) is 0 Å². The minimum absolute atomic E-state index is 0.0627. The average molecular weight is 435 g/mol. The van der Waals surface area contributed by atoms with Crippen molar-refractivity contribution in [2.75, 3.05) is 18.4 Å². The van der Waals surface area contributed by atoms with Gasteiger partial charge in [0.15, 0.2) is 0 Å². The molecule has 0 bridgehead atoms. The number of nitrogens with one attached hydrogen (secondary N) is 2. The van der Waals surface area contributed by atoms with E-state index in [-0.39, 0.29) is 11.3 Å². The first-order chi connectivity index (χ1) is 13.9. The molecule has 0 unspecified atom stereocenters. The number of rotatable bonds is 8. The summed E-state index contributed by atoms with van der Waals surface area (Å²) in [5.74, 6) is -0.857. The highest BCUT2D eigenvalue weighted by atomic mass is 32.2. The van der Waals surface area contributed by atoms with Crippen molar-refractivity contribution in [3.8, 4) is 5.75 Å². The molecule has 0 atom stereocenters. The van der Waals surface area contributed by atoms with Crippen LogP contribution in [0.4, 0.5) is 10.1 Å². The highest BCUT2D eigenvalue weighted by Gasteiger charge is 2.21. The maximum absolute atomic E-state index is 14.2. The Hall–Kier alpha value is -2.91. The van der Waals surface area contributed by atoms with Crippen molar-refractivity contribution >= 4 is 33.0 Å². The van der Waals surface area contributed by atoms with Crippen LogP contribution in [-0.2, 0) is 16.4 Å². The molecule has 2 N–H and O–H groups in total. The zero-order valence-electron chi connectivity index (χ0n) is 15.5. The van der Waals surface area contributed by atoms with Crippen LogP contribution in [0.3, 0.4) is 0 Å². The van der Waals surface area contributed by atoms with Crippen molar-refractivity contribution < 1.29 is 22.3 Å². The quantitative estimate of drug-likeness (QED) is 0.567. The van der Waals surface area contributed by atoms with E-state index in [2.05, 4.69) is 10.0 Å². The first kappa shape index (κ1) is 20.8. The van der Waals surface area contributed by atoms with E-state index in [1.54, 1.807) is 23.5 Å². The molecule has 152 valence electrons. The number of methoxy groups -OCH3 is 1. The van der Waals surface area contributed by atoms with Gasteiger partial charge in [-0.1, -0.05) is 6.07 Å². The predicted octanol–water partition coefficient (Wildman–Crippen LogP) is 3.67. The number of sulfonamides is 1. The molecule has 1 heterocycles. The van der Waals surface area contributed by atoms with Gasteiger partial charge in [0.25, 0.3) is 15.9 Å². The summed E-state index contributed by atoms with van der Waals surface area (Å²) in [5, 5.41) is 4.66. The lowest BCUT2D eigenvalue weighted by molar-refractivity contribution is 0.0954. The standard InChI is InChI=1S/C20H19FN2O4S2/c1-27-16-7-5-15(6-8-16)23-29(25,26)19-13-14(4-9-18(19)21)20(24)22-11-10-17-3-2-12-28-17/h2-9,12-13,23H,10-11H2,1H3,(H,22,24). The molecule has 2 aromatic carbocycles. The van der Waals surface area contributed by atoms with Crippen molar-refractivity contribution in [2.24, 2.45) is 0 Å². The fourth-order valence-corrected chi connectivity index (χ4v) is 4.45. The van der Waals surface area contributed by atoms with Gasteiger partial charge in [0.2, 0.25) is 0 Å². The van der Waals surface area contributed by atoms with Crippen LogP contribution in [-0.4, -0.2) is 28.0 Å². The number of hydrogen-bond acceptors (Lipinski definition) is 5. The summed E-state index contributed by atoms with van der Waals surface area (Å²) >= 11 is 1.58. The minimum Gasteiger partial charge on any atom is -0.497 e. The van der Waals surface area contributed by atoms with E-state index in [1.807, 2.05) is 17.5 Å². The van der Waals surface area contributed by atoms with Crippen molar-refractivity contribution in [2.45, 2.75) is 11.3 Å². The van der Waals surface area contributed by atoms with Gasteiger partial charge in [-0.25, -0.2) is 12.8 Å². The van der Waals surface area contributed by atoms with Crippen molar-refractivity contribution in [3.63, 3.8) is 0 Å². The van der Waals surface area contributed by atoms with Gasteiger partial charge in [0, 0.05) is 22.7 Å². The van der Waals surface area contributed by atoms with Crippen LogP contribution in [0.15, 0.2) is 64.9 Å². The number of amides is 1. The number of carbonyl (C=O) groups excluding carboxylic acids is 1. The molecule has 0 aliphatic rings. The number of benzene rings is 2. The van der Waals surface area contributed by atoms with Crippen LogP contribution in [0.1, 0.15) is 15.2 Å². The number of carbonyl (C=O) groups is 1. The minimum atomic E-state index is -4.22. The summed E-state index contributed by atoms with van der Waals surface area (Å²) < 4.78 is 46.8. The SMILES string of the molecule is COc1ccc(NS(=O)(=O)c2cc(C(=O)NCCc3cccs3)ccc2F)cc1. The van der Waals surface area contributed by atoms with Crippen LogP contribution in [0.2, 0.25) is 0 Å². The molecule has 0 saturated heterocycles. The molecule has 0 radical (unpaired) electrons. The summed E-state index contributed by atoms with van der Waals surface area (Å²) in [4.78, 5) is 12.9. The number of hydrogen-bond donors (Lipinski definition) is 2. The molecular formula is C20H19FN2O4S2. The fourth-order valence-electron chi connectivity index (χ4n) is 2.58. The maximum atomic E-state index is 14.2. The summed E-state index contributed by atoms with van der Waals surface area (Å²) in [6.07, 6.45) is 0.661. The molecule has 0 fully saturated rings. The monoisotopic (exact) mass is 434 g/mol. The van der Waals surface area contributed by atoms with Gasteiger partial charge in [-0.2, -0.15) is 0 Å². The van der Waals surface area contributed by atoms with Gasteiger partial charge >= 0.3 is 0 Å². The lowest BCUT2D eigenvalue weighted by Gasteiger charge is -2.11. The highest BCUT2D eigenvalue weighted by molar-refractivity contribution is 7.92. The first-order valence-electron chi connectivity index (χ1n) is 8.66. The van der Waals surface area contributed by atoms with Gasteiger partial charge < -0.3 is 10.1 Å². The molecule has 1 aromatic heterocycles. The van der Waals surface area contributed by atoms with E-state index < -0.39 is 26.6 Å². The Morgan fingerprint density at radius 1 is 1.14 bits per heavy atom. The summed E-state index contributed by atoms with van der Waals surface area (Å²) in [6.45, 7) is 0.392. The third-order valence-corrected chi connectivity index (χ3v) is 6.39. The topological polar surface area (TPSA) is 84.5 Å². The van der Waals surface area contributed by atoms with Gasteiger partial charge in [0.05, 0.1) is 7.11 Å². The molecule has 9 heteroatoms. The maximum Gasteiger partial charge on any atom is 0.264 e. The van der Waals surface area contributed by atoms with Gasteiger partial charge in [-0.05, 0) is 60.3 Å². The number of ether oxygens (including phenoxy) is 1. The normalized spacial score (nSPS) is 11.1. The molecule has 3 aromatic rings. The van der Waals surface area contributed by atoms with E-state index in [9.17, 15) is 17.6 Å². The summed E-state index contributed by atoms with van der Waals surface area (Å²) in [5.41, 5.74) is 0.309. The second-order valence-electron chi connectivity index (χ2n) is 6.06. The Morgan fingerprint density at radius 2 is 1.90 bits per heavy atom. The molecule has 0 saturated carbocycles. The van der Waals surface area contributed by atoms with E-state index >= 15 is 0 Å². The van der Waals surface area contributed by atoms with E-state index in [0.29, 0.717) is 18.7 Å². The number of halogens is 1. The Balaban J connectivity index is 1.73. The number of thiophene rings is 1. The van der Waals surface area contributed by atoms with Crippen LogP contribution in [0, 0.1) is 5.82 Å². The molecule has 29 heavy (non-hydrogen) atoms. The molecular weight excluding hydrogens is 415 g/mol. The lowest BCUT2D eigenvalue weighted by atomic mass is 10.2. The van der Waals surface area contributed by atoms with Crippen LogP contribution in [0.5, 0.6) is 5.75 Å². The molecule has 3 rings (SSSR count). The Kier molecular flexibility index (Phi) is 6.50. The molecule has 6 nitrogen and oxygen atoms in total. The van der Waals surface area contributed by atoms with Crippen LogP contribution >= 0.6 is 11.3 Å². The van der Waals surface area contributed by atoms with Gasteiger partial charge in [-0.15, -0.1) is 11.3 Å². The zero-order chi connectivity index (χ0) is 20.9. The fraction of sp³-hybridized carbons (Fsp3) is 0.150. The number of anilines is 1. The average Bonchev–Trinajstić information content (AvgIpc) is 3.22. The predicted molar refractivity (Wildman–Crippen MR) is 111 cm³/mol. The lowest BCUT2D eigenvalue weighted by Crippen LogP contribution is -2.26. The van der Waals surface area contributed by atoms with E-state index in [0.717, 1.165) is 17.0 Å². The second kappa shape index (κ2) is 9.06. The smallest absolute Gasteiger partial charge is 0.264 e. The van der Waals surface area contributed by atoms with Crippen molar-refractivity contribution in [1.29, 1.82) is 0 Å². The summed E-state index contributed by atoms with van der Waals surface area (Å²) in [7, 11) is -2.73. The highest BCUT2D eigenvalue weighted by Crippen LogP contribution is 2.22. The molecule has 1 amide bonds. The second-order valence-corrected chi connectivity index (χ2v) is 8.75. The summed E-state index contributed by atoms with van der Waals surface area (Å²) in [6, 6.07) is 13.3. The van der Waals surface area contributed by atoms with E-state index in [4.69, 9.17) is 4.74 Å². The zero-order valence-corrected chi connectivity index (χ0v) is 17.1. The Labute approximate surface area is 172 Å². The van der Waals surface area contributed by atoms with Gasteiger partial charge in [-0.3, -0.25) is 9.52 Å². The first-order valence-corrected chi connectivity index (χ1v) is 11.0. The van der Waals surface area contributed by atoms with Crippen molar-refractivity contribution in [3.05, 3.63) is 76.2 Å². The Morgan fingerprint density at radius 3 is 2.55 bits per heavy atom. The van der Waals surface area contributed by atoms with Crippen molar-refractivity contribution in [1.82, 2.24) is 5.32 Å². The van der Waals surface area contributed by atoms with Gasteiger partial charge in [0.1, 0.15) is 16.5 Å².